The lowest BCUT2D eigenvalue weighted by Gasteiger charge is -2.11. The van der Waals surface area contributed by atoms with Crippen LogP contribution in [0.2, 0.25) is 0 Å². The smallest absolute Gasteiger partial charge is 0.270 e. The van der Waals surface area contributed by atoms with Crippen LogP contribution in [-0.2, 0) is 11.0 Å². The number of benzene rings is 2. The zero-order chi connectivity index (χ0) is 24.4. The number of aliphatic imine (C=N–C) groups is 1. The van der Waals surface area contributed by atoms with Crippen molar-refractivity contribution >= 4 is 17.6 Å². The maximum atomic E-state index is 12.8. The number of rotatable bonds is 6. The minimum atomic E-state index is -4.39. The molecule has 1 unspecified atom stereocenters. The summed E-state index contributed by atoms with van der Waals surface area (Å²) in [6, 6.07) is 16.5. The van der Waals surface area contributed by atoms with Gasteiger partial charge in [0.25, 0.3) is 0 Å². The average molecular weight is 497 g/mol. The van der Waals surface area contributed by atoms with E-state index in [0.717, 1.165) is 28.9 Å². The number of pyridine rings is 1. The fourth-order valence-electron chi connectivity index (χ4n) is 3.47. The topological polar surface area (TPSA) is 77.2 Å². The van der Waals surface area contributed by atoms with E-state index in [-0.39, 0.29) is 0 Å². The second-order valence-corrected chi connectivity index (χ2v) is 8.74. The summed E-state index contributed by atoms with van der Waals surface area (Å²) in [5.74, 6) is 1.47. The maximum Gasteiger partial charge on any atom is 0.416 e. The molecule has 0 spiro atoms. The molecule has 0 bridgehead atoms. The van der Waals surface area contributed by atoms with Crippen LogP contribution in [0.25, 0.3) is 17.1 Å². The third kappa shape index (κ3) is 5.05. The molecule has 0 fully saturated rings. The Bertz CT molecular complexity index is 1340. The molecule has 178 valence electrons. The monoisotopic (exact) mass is 496 g/mol. The van der Waals surface area contributed by atoms with Crippen molar-refractivity contribution < 1.29 is 18.0 Å². The Morgan fingerprint density at radius 2 is 1.66 bits per heavy atom. The van der Waals surface area contributed by atoms with Crippen LogP contribution >= 0.6 is 11.8 Å². The molecule has 1 N–H and O–H groups in total. The predicted molar refractivity (Wildman–Crippen MR) is 126 cm³/mol. The van der Waals surface area contributed by atoms with E-state index < -0.39 is 18.0 Å². The summed E-state index contributed by atoms with van der Waals surface area (Å²) in [6.45, 7) is 2.02. The molecule has 5 rings (SSSR count). The van der Waals surface area contributed by atoms with E-state index in [1.807, 2.05) is 47.9 Å². The first-order chi connectivity index (χ1) is 16.9. The van der Waals surface area contributed by atoms with Gasteiger partial charge in [0, 0.05) is 29.2 Å². The summed E-state index contributed by atoms with van der Waals surface area (Å²) < 4.78 is 40.4. The number of aryl methyl sites for hydroxylation is 1. The SMILES string of the molecule is Cc1ccc(-n2c(SCC3N=C(c4ccc(C(F)(F)F)cc4)NO3)nnc2-c2ccncc2)cc1. The number of hydrogen-bond acceptors (Lipinski definition) is 7. The molecule has 1 atom stereocenters. The van der Waals surface area contributed by atoms with Crippen LogP contribution in [0.15, 0.2) is 83.2 Å². The Balaban J connectivity index is 1.36. The zero-order valence-corrected chi connectivity index (χ0v) is 19.2. The Morgan fingerprint density at radius 3 is 2.34 bits per heavy atom. The van der Waals surface area contributed by atoms with Gasteiger partial charge in [-0.05, 0) is 43.3 Å². The largest absolute Gasteiger partial charge is 0.416 e. The maximum absolute atomic E-state index is 12.8. The molecule has 2 aromatic heterocycles. The van der Waals surface area contributed by atoms with Crippen LogP contribution in [0.4, 0.5) is 13.2 Å². The van der Waals surface area contributed by atoms with E-state index in [1.165, 1.54) is 23.9 Å². The molecular formula is C24H19F3N6OS. The van der Waals surface area contributed by atoms with Gasteiger partial charge in [-0.3, -0.25) is 9.55 Å². The third-order valence-corrected chi connectivity index (χ3v) is 6.24. The van der Waals surface area contributed by atoms with Gasteiger partial charge in [0.2, 0.25) is 0 Å². The molecule has 0 amide bonds. The number of thioether (sulfide) groups is 1. The summed E-state index contributed by atoms with van der Waals surface area (Å²) in [7, 11) is 0. The van der Waals surface area contributed by atoms with Gasteiger partial charge < -0.3 is 0 Å². The lowest BCUT2D eigenvalue weighted by molar-refractivity contribution is -0.137. The van der Waals surface area contributed by atoms with Crippen LogP contribution in [0, 0.1) is 6.92 Å². The Morgan fingerprint density at radius 1 is 0.943 bits per heavy atom. The van der Waals surface area contributed by atoms with Crippen molar-refractivity contribution in [2.45, 2.75) is 24.5 Å². The molecule has 0 saturated carbocycles. The van der Waals surface area contributed by atoms with E-state index in [1.54, 1.807) is 12.4 Å². The lowest BCUT2D eigenvalue weighted by Crippen LogP contribution is -2.20. The summed E-state index contributed by atoms with van der Waals surface area (Å²) in [5.41, 5.74) is 5.42. The van der Waals surface area contributed by atoms with Crippen molar-refractivity contribution in [2.24, 2.45) is 4.99 Å². The highest BCUT2D eigenvalue weighted by atomic mass is 32.2. The van der Waals surface area contributed by atoms with Gasteiger partial charge >= 0.3 is 6.18 Å². The minimum absolute atomic E-state index is 0.377. The summed E-state index contributed by atoms with van der Waals surface area (Å²) in [5, 5.41) is 9.44. The van der Waals surface area contributed by atoms with Crippen molar-refractivity contribution in [1.29, 1.82) is 0 Å². The Kier molecular flexibility index (Phi) is 6.27. The second-order valence-electron chi connectivity index (χ2n) is 7.75. The fraction of sp³-hybridized carbons (Fsp3) is 0.167. The highest BCUT2D eigenvalue weighted by Gasteiger charge is 2.30. The van der Waals surface area contributed by atoms with Gasteiger partial charge in [0.05, 0.1) is 11.3 Å². The van der Waals surface area contributed by atoms with Crippen LogP contribution < -0.4 is 5.48 Å². The number of alkyl halides is 3. The minimum Gasteiger partial charge on any atom is -0.270 e. The normalized spacial score (nSPS) is 15.7. The fourth-order valence-corrected chi connectivity index (χ4v) is 4.32. The van der Waals surface area contributed by atoms with E-state index in [2.05, 4.69) is 25.7 Å². The van der Waals surface area contributed by atoms with Crippen molar-refractivity contribution in [2.75, 3.05) is 5.75 Å². The van der Waals surface area contributed by atoms with Gasteiger partial charge in [-0.2, -0.15) is 13.2 Å². The van der Waals surface area contributed by atoms with E-state index in [0.29, 0.717) is 28.1 Å². The number of hydroxylamine groups is 1. The molecule has 0 saturated heterocycles. The van der Waals surface area contributed by atoms with Gasteiger partial charge in [-0.15, -0.1) is 10.2 Å². The zero-order valence-electron chi connectivity index (χ0n) is 18.4. The first-order valence-electron chi connectivity index (χ1n) is 10.6. The van der Waals surface area contributed by atoms with Crippen molar-refractivity contribution in [3.63, 3.8) is 0 Å². The molecule has 2 aromatic carbocycles. The van der Waals surface area contributed by atoms with Gasteiger partial charge in [0.15, 0.2) is 23.0 Å². The van der Waals surface area contributed by atoms with Crippen LogP contribution in [0.5, 0.6) is 0 Å². The van der Waals surface area contributed by atoms with Crippen molar-refractivity contribution in [1.82, 2.24) is 25.2 Å². The molecule has 35 heavy (non-hydrogen) atoms. The Labute approximate surface area is 203 Å². The highest BCUT2D eigenvalue weighted by molar-refractivity contribution is 7.99. The van der Waals surface area contributed by atoms with Gasteiger partial charge in [0.1, 0.15) is 0 Å². The first-order valence-corrected chi connectivity index (χ1v) is 11.6. The third-order valence-electron chi connectivity index (χ3n) is 5.27. The molecule has 3 heterocycles. The number of hydrogen-bond donors (Lipinski definition) is 1. The first kappa shape index (κ1) is 23.1. The predicted octanol–water partition coefficient (Wildman–Crippen LogP) is 5.06. The molecule has 0 aliphatic carbocycles. The summed E-state index contributed by atoms with van der Waals surface area (Å²) >= 11 is 1.41. The van der Waals surface area contributed by atoms with E-state index in [9.17, 15) is 13.2 Å². The summed E-state index contributed by atoms with van der Waals surface area (Å²) in [4.78, 5) is 14.1. The van der Waals surface area contributed by atoms with E-state index >= 15 is 0 Å². The number of amidine groups is 1. The summed E-state index contributed by atoms with van der Waals surface area (Å²) in [6.07, 6.45) is -1.54. The van der Waals surface area contributed by atoms with Gasteiger partial charge in [-0.1, -0.05) is 41.6 Å². The van der Waals surface area contributed by atoms with Gasteiger partial charge in [-0.25, -0.2) is 15.3 Å². The second kappa shape index (κ2) is 9.51. The quantitative estimate of drug-likeness (QED) is 0.376. The standard InChI is InChI=1S/C24H19F3N6OS/c1-15-2-8-19(9-3-15)33-22(17-10-12-28-13-11-17)30-31-23(33)35-14-20-29-21(32-34-20)16-4-6-18(7-5-16)24(25,26)27/h2-13,20H,14H2,1H3,(H,29,32). The molecule has 11 heteroatoms. The van der Waals surface area contributed by atoms with Crippen LogP contribution in [0.1, 0.15) is 16.7 Å². The van der Waals surface area contributed by atoms with Crippen molar-refractivity contribution in [3.05, 3.63) is 89.7 Å². The number of halogens is 3. The molecule has 4 aromatic rings. The van der Waals surface area contributed by atoms with Crippen LogP contribution in [-0.4, -0.2) is 37.6 Å². The molecule has 1 aliphatic rings. The number of nitrogens with zero attached hydrogens (tertiary/aromatic N) is 5. The molecule has 0 radical (unpaired) electrons. The number of aromatic nitrogens is 4. The molecule has 1 aliphatic heterocycles. The Hall–Kier alpha value is -3.70. The number of nitrogens with one attached hydrogen (secondary N) is 1. The van der Waals surface area contributed by atoms with Crippen LogP contribution in [0.3, 0.4) is 0 Å². The van der Waals surface area contributed by atoms with Crippen molar-refractivity contribution in [3.8, 4) is 17.1 Å². The molecular weight excluding hydrogens is 477 g/mol. The highest BCUT2D eigenvalue weighted by Crippen LogP contribution is 2.30. The lowest BCUT2D eigenvalue weighted by atomic mass is 10.1. The molecule has 7 nitrogen and oxygen atoms in total. The van der Waals surface area contributed by atoms with E-state index in [4.69, 9.17) is 4.84 Å². The average Bonchev–Trinajstić information content (AvgIpc) is 3.51.